The summed E-state index contributed by atoms with van der Waals surface area (Å²) in [4.78, 5) is 16.0. The Morgan fingerprint density at radius 1 is 1.11 bits per heavy atom. The average Bonchev–Trinajstić information content (AvgIpc) is 2.74. The van der Waals surface area contributed by atoms with Gasteiger partial charge in [-0.3, -0.25) is 9.88 Å². The molecule has 0 saturated heterocycles. The van der Waals surface area contributed by atoms with E-state index in [0.29, 0.717) is 11.7 Å². The Morgan fingerprint density at radius 3 is 2.82 bits per heavy atom. The molecule has 3 aromatic rings. The van der Waals surface area contributed by atoms with Crippen molar-refractivity contribution >= 4 is 11.6 Å². The van der Waals surface area contributed by atoms with Crippen LogP contribution in [0.3, 0.4) is 0 Å². The number of rotatable bonds is 6. The van der Waals surface area contributed by atoms with Crippen LogP contribution in [0, 0.1) is 0 Å². The molecule has 0 spiro atoms. The van der Waals surface area contributed by atoms with E-state index in [-0.39, 0.29) is 0 Å². The number of ether oxygens (including phenoxy) is 2. The number of hydrogen-bond donors (Lipinski definition) is 1. The maximum Gasteiger partial charge on any atom is 0.227 e. The van der Waals surface area contributed by atoms with E-state index in [2.05, 4.69) is 26.3 Å². The summed E-state index contributed by atoms with van der Waals surface area (Å²) in [5.74, 6) is 2.01. The predicted octanol–water partition coefficient (Wildman–Crippen LogP) is 3.19. The molecule has 2 aromatic heterocycles. The monoisotopic (exact) mass is 377 g/mol. The van der Waals surface area contributed by atoms with Gasteiger partial charge in [0, 0.05) is 50.1 Å². The molecule has 7 heteroatoms. The molecule has 7 nitrogen and oxygen atoms in total. The Kier molecular flexibility index (Phi) is 5.34. The van der Waals surface area contributed by atoms with Gasteiger partial charge in [-0.05, 0) is 24.3 Å². The largest absolute Gasteiger partial charge is 0.497 e. The third-order valence-corrected chi connectivity index (χ3v) is 4.78. The fraction of sp³-hybridized carbons (Fsp3) is 0.286. The Labute approximate surface area is 164 Å². The molecule has 0 aliphatic carbocycles. The van der Waals surface area contributed by atoms with Gasteiger partial charge in [0.05, 0.1) is 31.3 Å². The van der Waals surface area contributed by atoms with Gasteiger partial charge in [0.25, 0.3) is 0 Å². The van der Waals surface area contributed by atoms with Crippen molar-refractivity contribution in [2.24, 2.45) is 0 Å². The summed E-state index contributed by atoms with van der Waals surface area (Å²) >= 11 is 0. The third kappa shape index (κ3) is 4.04. The van der Waals surface area contributed by atoms with E-state index in [1.165, 1.54) is 0 Å². The molecule has 1 aromatic carbocycles. The zero-order valence-electron chi connectivity index (χ0n) is 16.1. The summed E-state index contributed by atoms with van der Waals surface area (Å²) in [6.45, 7) is 2.61. The fourth-order valence-corrected chi connectivity index (χ4v) is 3.32. The summed E-state index contributed by atoms with van der Waals surface area (Å²) in [5.41, 5.74) is 4.09. The van der Waals surface area contributed by atoms with E-state index < -0.39 is 0 Å². The highest BCUT2D eigenvalue weighted by molar-refractivity contribution is 5.65. The minimum absolute atomic E-state index is 0.559. The summed E-state index contributed by atoms with van der Waals surface area (Å²) in [5, 5.41) is 3.25. The second kappa shape index (κ2) is 8.22. The number of nitrogens with one attached hydrogen (secondary N) is 1. The lowest BCUT2D eigenvalue weighted by Gasteiger charge is -2.27. The topological polar surface area (TPSA) is 72.4 Å². The minimum Gasteiger partial charge on any atom is -0.497 e. The smallest absolute Gasteiger partial charge is 0.227 e. The zero-order valence-corrected chi connectivity index (χ0v) is 16.1. The third-order valence-electron chi connectivity index (χ3n) is 4.78. The SMILES string of the molecule is COc1ccc(OC)c(Nc2ncc3c(n2)CCN(Cc2ccccn2)C3)c1. The standard InChI is InChI=1S/C21H23N5O2/c1-27-17-6-7-20(28-2)19(11-17)25-21-23-12-15-13-26(10-8-18(15)24-21)14-16-5-3-4-9-22-16/h3-7,9,11-12H,8,10,13-14H2,1-2H3,(H,23,24,25). The molecular weight excluding hydrogens is 354 g/mol. The van der Waals surface area contributed by atoms with Crippen LogP contribution in [0.5, 0.6) is 11.5 Å². The van der Waals surface area contributed by atoms with Crippen LogP contribution in [-0.4, -0.2) is 40.6 Å². The predicted molar refractivity (Wildman–Crippen MR) is 107 cm³/mol. The highest BCUT2D eigenvalue weighted by atomic mass is 16.5. The highest BCUT2D eigenvalue weighted by Gasteiger charge is 2.19. The number of benzene rings is 1. The molecule has 28 heavy (non-hydrogen) atoms. The van der Waals surface area contributed by atoms with Gasteiger partial charge in [-0.2, -0.15) is 0 Å². The van der Waals surface area contributed by atoms with Crippen molar-refractivity contribution in [1.82, 2.24) is 19.9 Å². The van der Waals surface area contributed by atoms with E-state index in [0.717, 1.165) is 54.4 Å². The van der Waals surface area contributed by atoms with Gasteiger partial charge in [0.15, 0.2) is 0 Å². The minimum atomic E-state index is 0.559. The molecule has 0 atom stereocenters. The van der Waals surface area contributed by atoms with Crippen molar-refractivity contribution in [2.75, 3.05) is 26.1 Å². The lowest BCUT2D eigenvalue weighted by molar-refractivity contribution is 0.240. The Bertz CT molecular complexity index is 949. The zero-order chi connectivity index (χ0) is 19.3. The van der Waals surface area contributed by atoms with Crippen LogP contribution in [0.25, 0.3) is 0 Å². The molecule has 3 heterocycles. The number of fused-ring (bicyclic) bond motifs is 1. The number of pyridine rings is 1. The van der Waals surface area contributed by atoms with Crippen molar-refractivity contribution in [3.63, 3.8) is 0 Å². The molecule has 0 amide bonds. The van der Waals surface area contributed by atoms with Gasteiger partial charge in [-0.25, -0.2) is 9.97 Å². The first-order valence-corrected chi connectivity index (χ1v) is 9.21. The van der Waals surface area contributed by atoms with Crippen LogP contribution >= 0.6 is 0 Å². The second-order valence-electron chi connectivity index (χ2n) is 6.64. The van der Waals surface area contributed by atoms with Crippen LogP contribution in [0.15, 0.2) is 48.8 Å². The highest BCUT2D eigenvalue weighted by Crippen LogP contribution is 2.31. The first kappa shape index (κ1) is 18.2. The van der Waals surface area contributed by atoms with Gasteiger partial charge in [-0.15, -0.1) is 0 Å². The molecule has 0 radical (unpaired) electrons. The fourth-order valence-electron chi connectivity index (χ4n) is 3.32. The number of hydrogen-bond acceptors (Lipinski definition) is 7. The molecule has 1 aliphatic rings. The van der Waals surface area contributed by atoms with Crippen LogP contribution in [0.1, 0.15) is 17.0 Å². The van der Waals surface area contributed by atoms with E-state index in [4.69, 9.17) is 14.5 Å². The van der Waals surface area contributed by atoms with E-state index in [9.17, 15) is 0 Å². The van der Waals surface area contributed by atoms with Crippen LogP contribution in [-0.2, 0) is 19.5 Å². The quantitative estimate of drug-likeness (QED) is 0.707. The van der Waals surface area contributed by atoms with E-state index in [1.807, 2.05) is 42.7 Å². The maximum absolute atomic E-state index is 5.41. The lowest BCUT2D eigenvalue weighted by atomic mass is 10.1. The lowest BCUT2D eigenvalue weighted by Crippen LogP contribution is -2.31. The van der Waals surface area contributed by atoms with Crippen molar-refractivity contribution in [3.8, 4) is 11.5 Å². The van der Waals surface area contributed by atoms with E-state index in [1.54, 1.807) is 14.2 Å². The molecule has 144 valence electrons. The Hall–Kier alpha value is -3.19. The first-order chi connectivity index (χ1) is 13.7. The molecule has 1 aliphatic heterocycles. The summed E-state index contributed by atoms with van der Waals surface area (Å²) in [6, 6.07) is 11.6. The van der Waals surface area contributed by atoms with E-state index >= 15 is 0 Å². The number of nitrogens with zero attached hydrogens (tertiary/aromatic N) is 4. The second-order valence-corrected chi connectivity index (χ2v) is 6.64. The van der Waals surface area contributed by atoms with Crippen LogP contribution in [0.2, 0.25) is 0 Å². The molecule has 0 fully saturated rings. The number of aromatic nitrogens is 3. The number of anilines is 2. The van der Waals surface area contributed by atoms with Gasteiger partial charge in [-0.1, -0.05) is 6.07 Å². The van der Waals surface area contributed by atoms with Crippen molar-refractivity contribution < 1.29 is 9.47 Å². The van der Waals surface area contributed by atoms with Crippen molar-refractivity contribution in [2.45, 2.75) is 19.5 Å². The van der Waals surface area contributed by atoms with Gasteiger partial charge >= 0.3 is 0 Å². The summed E-state index contributed by atoms with van der Waals surface area (Å²) < 4.78 is 10.7. The Balaban J connectivity index is 1.48. The van der Waals surface area contributed by atoms with Crippen molar-refractivity contribution in [1.29, 1.82) is 0 Å². The molecule has 4 rings (SSSR count). The molecule has 1 N–H and O–H groups in total. The molecule has 0 unspecified atom stereocenters. The summed E-state index contributed by atoms with van der Waals surface area (Å²) in [7, 11) is 3.27. The average molecular weight is 377 g/mol. The van der Waals surface area contributed by atoms with Crippen LogP contribution in [0.4, 0.5) is 11.6 Å². The number of methoxy groups -OCH3 is 2. The van der Waals surface area contributed by atoms with Gasteiger partial charge in [0.2, 0.25) is 5.95 Å². The normalized spacial score (nSPS) is 13.6. The van der Waals surface area contributed by atoms with Crippen LogP contribution < -0.4 is 14.8 Å². The summed E-state index contributed by atoms with van der Waals surface area (Å²) in [6.07, 6.45) is 4.62. The molecule has 0 saturated carbocycles. The Morgan fingerprint density at radius 2 is 2.04 bits per heavy atom. The molecular formula is C21H23N5O2. The molecule has 0 bridgehead atoms. The first-order valence-electron chi connectivity index (χ1n) is 9.21. The van der Waals surface area contributed by atoms with Gasteiger partial charge in [0.1, 0.15) is 11.5 Å². The van der Waals surface area contributed by atoms with Crippen molar-refractivity contribution in [3.05, 3.63) is 65.7 Å². The maximum atomic E-state index is 5.41. The van der Waals surface area contributed by atoms with Gasteiger partial charge < -0.3 is 14.8 Å².